The van der Waals surface area contributed by atoms with Crippen LogP contribution in [0.5, 0.6) is 0 Å². The Morgan fingerprint density at radius 2 is 2.10 bits per heavy atom. The molecule has 0 amide bonds. The average Bonchev–Trinajstić information content (AvgIpc) is 1.88. The molecule has 0 saturated carbocycles. The SMILES string of the molecule is FC(Cl)(Cl)c1ccccn1. The molecule has 54 valence electrons. The lowest BCUT2D eigenvalue weighted by Gasteiger charge is -2.05. The smallest absolute Gasteiger partial charge is 0.255 e. The van der Waals surface area contributed by atoms with Gasteiger partial charge < -0.3 is 0 Å². The number of hydrogen-bond acceptors (Lipinski definition) is 1. The van der Waals surface area contributed by atoms with Crippen LogP contribution in [0.15, 0.2) is 24.4 Å². The predicted octanol–water partition coefficient (Wildman–Crippen LogP) is 2.64. The number of rotatable bonds is 1. The fourth-order valence-electron chi connectivity index (χ4n) is 0.530. The van der Waals surface area contributed by atoms with Crippen LogP contribution in [0.1, 0.15) is 5.69 Å². The van der Waals surface area contributed by atoms with E-state index in [1.807, 2.05) is 0 Å². The van der Waals surface area contributed by atoms with Gasteiger partial charge in [-0.1, -0.05) is 29.3 Å². The van der Waals surface area contributed by atoms with Crippen LogP contribution in [0.3, 0.4) is 0 Å². The molecular formula is C6H4Cl2FN. The van der Waals surface area contributed by atoms with Gasteiger partial charge in [0.25, 0.3) is 4.59 Å². The van der Waals surface area contributed by atoms with Crippen molar-refractivity contribution in [3.05, 3.63) is 30.1 Å². The molecule has 4 heteroatoms. The third-order valence-electron chi connectivity index (χ3n) is 0.955. The largest absolute Gasteiger partial charge is 0.300 e. The van der Waals surface area contributed by atoms with Crippen molar-refractivity contribution >= 4 is 23.2 Å². The van der Waals surface area contributed by atoms with E-state index in [4.69, 9.17) is 23.2 Å². The maximum Gasteiger partial charge on any atom is 0.300 e. The lowest BCUT2D eigenvalue weighted by molar-refractivity contribution is 0.396. The van der Waals surface area contributed by atoms with Crippen LogP contribution in [0, 0.1) is 0 Å². The average molecular weight is 180 g/mol. The molecule has 0 bridgehead atoms. The molecule has 1 heterocycles. The van der Waals surface area contributed by atoms with E-state index in [0.29, 0.717) is 0 Å². The highest BCUT2D eigenvalue weighted by Gasteiger charge is 2.25. The first-order valence-electron chi connectivity index (χ1n) is 2.59. The Morgan fingerprint density at radius 1 is 1.40 bits per heavy atom. The summed E-state index contributed by atoms with van der Waals surface area (Å²) < 4.78 is 10.2. The molecule has 0 aliphatic heterocycles. The Hall–Kier alpha value is -0.340. The van der Waals surface area contributed by atoms with Gasteiger partial charge in [0.05, 0.1) is 0 Å². The van der Waals surface area contributed by atoms with Crippen LogP contribution in [0.4, 0.5) is 4.39 Å². The highest BCUT2D eigenvalue weighted by atomic mass is 35.5. The second kappa shape index (κ2) is 2.72. The van der Waals surface area contributed by atoms with Gasteiger partial charge in [0, 0.05) is 6.20 Å². The van der Waals surface area contributed by atoms with Gasteiger partial charge in [-0.05, 0) is 12.1 Å². The molecule has 0 aliphatic rings. The van der Waals surface area contributed by atoms with Crippen molar-refractivity contribution in [2.75, 3.05) is 0 Å². The molecule has 1 aromatic rings. The molecule has 0 aromatic carbocycles. The van der Waals surface area contributed by atoms with E-state index < -0.39 is 4.59 Å². The van der Waals surface area contributed by atoms with E-state index in [9.17, 15) is 4.39 Å². The quantitative estimate of drug-likeness (QED) is 0.605. The minimum absolute atomic E-state index is 0.0123. The van der Waals surface area contributed by atoms with Crippen LogP contribution in [-0.2, 0) is 4.59 Å². The zero-order chi connectivity index (χ0) is 7.61. The van der Waals surface area contributed by atoms with E-state index in [1.165, 1.54) is 12.3 Å². The Morgan fingerprint density at radius 3 is 2.40 bits per heavy atom. The molecular weight excluding hydrogens is 176 g/mol. The number of pyridine rings is 1. The zero-order valence-corrected chi connectivity index (χ0v) is 6.40. The molecule has 1 aromatic heterocycles. The van der Waals surface area contributed by atoms with E-state index in [0.717, 1.165) is 0 Å². The lowest BCUT2D eigenvalue weighted by atomic mass is 10.4. The number of nitrogens with zero attached hydrogens (tertiary/aromatic N) is 1. The molecule has 0 fully saturated rings. The summed E-state index contributed by atoms with van der Waals surface area (Å²) in [6.07, 6.45) is 1.43. The third kappa shape index (κ3) is 1.82. The van der Waals surface area contributed by atoms with Crippen LogP contribution in [0.25, 0.3) is 0 Å². The minimum atomic E-state index is -2.37. The molecule has 10 heavy (non-hydrogen) atoms. The third-order valence-corrected chi connectivity index (χ3v) is 1.34. The summed E-state index contributed by atoms with van der Waals surface area (Å²) in [5.41, 5.74) is 0.0123. The standard InChI is InChI=1S/C6H4Cl2FN/c7-6(8,9)5-3-1-2-4-10-5/h1-4H. The first kappa shape index (κ1) is 7.76. The van der Waals surface area contributed by atoms with E-state index in [-0.39, 0.29) is 5.69 Å². The summed E-state index contributed by atoms with van der Waals surface area (Å²) in [4.78, 5) is 3.61. The first-order valence-corrected chi connectivity index (χ1v) is 3.34. The van der Waals surface area contributed by atoms with E-state index in [1.54, 1.807) is 12.1 Å². The Bertz CT molecular complexity index is 207. The number of hydrogen-bond donors (Lipinski definition) is 0. The highest BCUT2D eigenvalue weighted by molar-refractivity contribution is 6.46. The topological polar surface area (TPSA) is 12.9 Å². The van der Waals surface area contributed by atoms with Crippen molar-refractivity contribution in [1.29, 1.82) is 0 Å². The summed E-state index contributed by atoms with van der Waals surface area (Å²) in [5.74, 6) is 0. The molecule has 1 rings (SSSR count). The van der Waals surface area contributed by atoms with Crippen LogP contribution < -0.4 is 0 Å². The summed E-state index contributed by atoms with van der Waals surface area (Å²) in [6.45, 7) is 0. The fourth-order valence-corrected chi connectivity index (χ4v) is 0.754. The molecule has 0 atom stereocenters. The van der Waals surface area contributed by atoms with Crippen molar-refractivity contribution < 1.29 is 4.39 Å². The second-order valence-corrected chi connectivity index (χ2v) is 2.95. The van der Waals surface area contributed by atoms with Gasteiger partial charge in [-0.25, -0.2) is 4.39 Å². The molecule has 0 unspecified atom stereocenters. The number of alkyl halides is 3. The molecule has 0 saturated heterocycles. The summed E-state index contributed by atoms with van der Waals surface area (Å²) in [5, 5.41) is 0. The van der Waals surface area contributed by atoms with E-state index in [2.05, 4.69) is 4.98 Å². The Kier molecular flexibility index (Phi) is 2.11. The van der Waals surface area contributed by atoms with Crippen molar-refractivity contribution in [2.24, 2.45) is 0 Å². The van der Waals surface area contributed by atoms with Gasteiger partial charge >= 0.3 is 0 Å². The maximum atomic E-state index is 12.6. The summed E-state index contributed by atoms with van der Waals surface area (Å²) >= 11 is 10.2. The van der Waals surface area contributed by atoms with Crippen LogP contribution >= 0.6 is 23.2 Å². The first-order chi connectivity index (χ1) is 4.61. The molecule has 0 N–H and O–H groups in total. The van der Waals surface area contributed by atoms with Crippen molar-refractivity contribution in [2.45, 2.75) is 4.59 Å². The van der Waals surface area contributed by atoms with Gasteiger partial charge in [-0.15, -0.1) is 0 Å². The summed E-state index contributed by atoms with van der Waals surface area (Å²) in [7, 11) is 0. The molecule has 0 radical (unpaired) electrons. The zero-order valence-electron chi connectivity index (χ0n) is 4.89. The van der Waals surface area contributed by atoms with Crippen molar-refractivity contribution in [1.82, 2.24) is 4.98 Å². The second-order valence-electron chi connectivity index (χ2n) is 1.71. The van der Waals surface area contributed by atoms with Gasteiger partial charge in [-0.2, -0.15) is 0 Å². The predicted molar refractivity (Wildman–Crippen MR) is 38.7 cm³/mol. The molecule has 1 nitrogen and oxygen atoms in total. The minimum Gasteiger partial charge on any atom is -0.255 e. The normalized spacial score (nSPS) is 11.5. The Balaban J connectivity index is 2.97. The van der Waals surface area contributed by atoms with Crippen LogP contribution in [0.2, 0.25) is 0 Å². The van der Waals surface area contributed by atoms with Gasteiger partial charge in [0.1, 0.15) is 5.69 Å². The van der Waals surface area contributed by atoms with Gasteiger partial charge in [0.2, 0.25) is 0 Å². The van der Waals surface area contributed by atoms with Crippen molar-refractivity contribution in [3.8, 4) is 0 Å². The van der Waals surface area contributed by atoms with Crippen LogP contribution in [-0.4, -0.2) is 4.98 Å². The number of aromatic nitrogens is 1. The maximum absolute atomic E-state index is 12.6. The molecule has 0 aliphatic carbocycles. The highest BCUT2D eigenvalue weighted by Crippen LogP contribution is 2.33. The van der Waals surface area contributed by atoms with Crippen molar-refractivity contribution in [3.63, 3.8) is 0 Å². The van der Waals surface area contributed by atoms with Gasteiger partial charge in [-0.3, -0.25) is 4.98 Å². The van der Waals surface area contributed by atoms with E-state index >= 15 is 0 Å². The lowest BCUT2D eigenvalue weighted by Crippen LogP contribution is -2.03. The monoisotopic (exact) mass is 179 g/mol. The fraction of sp³-hybridized carbons (Fsp3) is 0.167. The Labute approximate surface area is 67.8 Å². The number of halogens is 3. The van der Waals surface area contributed by atoms with Gasteiger partial charge in [0.15, 0.2) is 0 Å². The molecule has 0 spiro atoms. The summed E-state index contributed by atoms with van der Waals surface area (Å²) in [6, 6.07) is 4.68.